The molecule has 1 N–H and O–H groups in total. The molecule has 2 aromatic rings. The Morgan fingerprint density at radius 3 is 2.90 bits per heavy atom. The van der Waals surface area contributed by atoms with E-state index in [9.17, 15) is 0 Å². The summed E-state index contributed by atoms with van der Waals surface area (Å²) in [6.45, 7) is 4.76. The molecule has 0 bridgehead atoms. The summed E-state index contributed by atoms with van der Waals surface area (Å²) in [5.74, 6) is 4.20. The Balaban J connectivity index is 1.94. The van der Waals surface area contributed by atoms with Crippen LogP contribution in [0.1, 0.15) is 13.3 Å². The second kappa shape index (κ2) is 6.75. The van der Waals surface area contributed by atoms with Crippen molar-refractivity contribution < 1.29 is 0 Å². The second-order valence-electron chi connectivity index (χ2n) is 4.69. The van der Waals surface area contributed by atoms with Gasteiger partial charge < -0.3 is 10.2 Å². The first kappa shape index (κ1) is 14.1. The highest BCUT2D eigenvalue weighted by Gasteiger charge is 2.16. The van der Waals surface area contributed by atoms with E-state index in [1.54, 1.807) is 10.9 Å². The van der Waals surface area contributed by atoms with Crippen LogP contribution in [0.4, 0.5) is 11.9 Å². The summed E-state index contributed by atoms with van der Waals surface area (Å²) in [6.07, 6.45) is 4.72. The molecule has 2 aromatic heterocycles. The van der Waals surface area contributed by atoms with E-state index in [0.717, 1.165) is 37.8 Å². The smallest absolute Gasteiger partial charge is 0.257 e. The summed E-state index contributed by atoms with van der Waals surface area (Å²) in [6, 6.07) is 1.86. The zero-order valence-corrected chi connectivity index (χ0v) is 12.9. The standard InChI is InChI=1S/C13H19N7S/c1-2-14-11-16-12(19-6-4-9-21-10-8-19)18-13(17-11)20-7-3-5-15-20/h3,5,7H,2,4,6,8-10H2,1H3,(H,14,16,17,18). The molecule has 0 radical (unpaired) electrons. The molecule has 0 amide bonds. The van der Waals surface area contributed by atoms with Crippen LogP contribution in [-0.2, 0) is 0 Å². The Morgan fingerprint density at radius 2 is 2.10 bits per heavy atom. The second-order valence-corrected chi connectivity index (χ2v) is 5.92. The van der Waals surface area contributed by atoms with Gasteiger partial charge in [-0.25, -0.2) is 4.68 Å². The summed E-state index contributed by atoms with van der Waals surface area (Å²) in [5.41, 5.74) is 0. The largest absolute Gasteiger partial charge is 0.354 e. The van der Waals surface area contributed by atoms with Gasteiger partial charge in [0.25, 0.3) is 5.95 Å². The molecule has 1 fully saturated rings. The maximum atomic E-state index is 4.58. The lowest BCUT2D eigenvalue weighted by atomic mass is 10.4. The van der Waals surface area contributed by atoms with Crippen LogP contribution < -0.4 is 10.2 Å². The number of thioether (sulfide) groups is 1. The van der Waals surface area contributed by atoms with E-state index >= 15 is 0 Å². The molecule has 7 nitrogen and oxygen atoms in total. The number of nitrogens with zero attached hydrogens (tertiary/aromatic N) is 6. The van der Waals surface area contributed by atoms with Crippen molar-refractivity contribution >= 4 is 23.7 Å². The molecule has 8 heteroatoms. The molecule has 1 saturated heterocycles. The van der Waals surface area contributed by atoms with Gasteiger partial charge in [0.1, 0.15) is 0 Å². The van der Waals surface area contributed by atoms with Gasteiger partial charge in [-0.05, 0) is 25.2 Å². The molecule has 0 aromatic carbocycles. The first-order chi connectivity index (χ1) is 10.4. The predicted octanol–water partition coefficient (Wildman–Crippen LogP) is 1.43. The van der Waals surface area contributed by atoms with Crippen molar-refractivity contribution in [2.24, 2.45) is 0 Å². The normalized spacial score (nSPS) is 15.8. The van der Waals surface area contributed by atoms with Gasteiger partial charge in [-0.3, -0.25) is 0 Å². The van der Waals surface area contributed by atoms with Crippen LogP contribution in [0, 0.1) is 0 Å². The molecule has 3 rings (SSSR count). The number of hydrogen-bond donors (Lipinski definition) is 1. The summed E-state index contributed by atoms with van der Waals surface area (Å²) in [5, 5.41) is 7.38. The molecule has 3 heterocycles. The quantitative estimate of drug-likeness (QED) is 0.916. The Kier molecular flexibility index (Phi) is 4.54. The maximum absolute atomic E-state index is 4.58. The van der Waals surface area contributed by atoms with Crippen molar-refractivity contribution in [3.05, 3.63) is 18.5 Å². The monoisotopic (exact) mass is 305 g/mol. The molecular weight excluding hydrogens is 286 g/mol. The fourth-order valence-corrected chi connectivity index (χ4v) is 3.05. The topological polar surface area (TPSA) is 71.8 Å². The lowest BCUT2D eigenvalue weighted by molar-refractivity contribution is 0.747. The molecule has 0 aliphatic carbocycles. The third kappa shape index (κ3) is 3.44. The summed E-state index contributed by atoms with van der Waals surface area (Å²) < 4.78 is 1.67. The van der Waals surface area contributed by atoms with Gasteiger partial charge in [-0.15, -0.1) is 0 Å². The van der Waals surface area contributed by atoms with Crippen molar-refractivity contribution in [2.45, 2.75) is 13.3 Å². The van der Waals surface area contributed by atoms with Crippen molar-refractivity contribution in [3.63, 3.8) is 0 Å². The third-order valence-electron chi connectivity index (χ3n) is 3.16. The van der Waals surface area contributed by atoms with Crippen LogP contribution in [0.3, 0.4) is 0 Å². The van der Waals surface area contributed by atoms with Gasteiger partial charge >= 0.3 is 0 Å². The van der Waals surface area contributed by atoms with Crippen LogP contribution in [0.15, 0.2) is 18.5 Å². The average molecular weight is 305 g/mol. The summed E-state index contributed by atoms with van der Waals surface area (Å²) in [7, 11) is 0. The van der Waals surface area contributed by atoms with Gasteiger partial charge in [0, 0.05) is 37.8 Å². The van der Waals surface area contributed by atoms with E-state index in [1.807, 2.05) is 30.9 Å². The Labute approximate surface area is 128 Å². The van der Waals surface area contributed by atoms with E-state index in [-0.39, 0.29) is 0 Å². The molecular formula is C13H19N7S. The fourth-order valence-electron chi connectivity index (χ4n) is 2.17. The minimum atomic E-state index is 0.554. The van der Waals surface area contributed by atoms with Crippen LogP contribution in [0.25, 0.3) is 5.95 Å². The van der Waals surface area contributed by atoms with Crippen LogP contribution in [0.5, 0.6) is 0 Å². The van der Waals surface area contributed by atoms with Gasteiger partial charge in [-0.1, -0.05) is 0 Å². The van der Waals surface area contributed by atoms with Gasteiger partial charge in [0.05, 0.1) is 0 Å². The third-order valence-corrected chi connectivity index (χ3v) is 4.21. The Bertz CT molecular complexity index is 564. The maximum Gasteiger partial charge on any atom is 0.257 e. The van der Waals surface area contributed by atoms with Gasteiger partial charge in [0.15, 0.2) is 0 Å². The number of anilines is 2. The molecule has 0 saturated carbocycles. The first-order valence-electron chi connectivity index (χ1n) is 7.19. The minimum absolute atomic E-state index is 0.554. The zero-order chi connectivity index (χ0) is 14.5. The number of aromatic nitrogens is 5. The lowest BCUT2D eigenvalue weighted by Gasteiger charge is -2.20. The van der Waals surface area contributed by atoms with Crippen LogP contribution in [0.2, 0.25) is 0 Å². The fraction of sp³-hybridized carbons (Fsp3) is 0.538. The zero-order valence-electron chi connectivity index (χ0n) is 12.1. The SMILES string of the molecule is CCNc1nc(N2CCCSCC2)nc(-n2cccn2)n1. The Hall–Kier alpha value is -1.83. The van der Waals surface area contributed by atoms with Gasteiger partial charge in [-0.2, -0.15) is 31.8 Å². The lowest BCUT2D eigenvalue weighted by Crippen LogP contribution is -2.28. The summed E-state index contributed by atoms with van der Waals surface area (Å²) >= 11 is 1.98. The minimum Gasteiger partial charge on any atom is -0.354 e. The molecule has 0 unspecified atom stereocenters. The van der Waals surface area contributed by atoms with Crippen molar-refractivity contribution in [1.29, 1.82) is 0 Å². The molecule has 0 atom stereocenters. The van der Waals surface area contributed by atoms with E-state index in [0.29, 0.717) is 11.9 Å². The van der Waals surface area contributed by atoms with Crippen LogP contribution >= 0.6 is 11.8 Å². The molecule has 1 aliphatic heterocycles. The Morgan fingerprint density at radius 1 is 1.19 bits per heavy atom. The van der Waals surface area contributed by atoms with Crippen molar-refractivity contribution in [2.75, 3.05) is 41.4 Å². The number of rotatable bonds is 4. The van der Waals surface area contributed by atoms with Crippen molar-refractivity contribution in [1.82, 2.24) is 24.7 Å². The molecule has 21 heavy (non-hydrogen) atoms. The van der Waals surface area contributed by atoms with E-state index < -0.39 is 0 Å². The average Bonchev–Trinajstić information content (AvgIpc) is 2.90. The molecule has 112 valence electrons. The van der Waals surface area contributed by atoms with E-state index in [4.69, 9.17) is 0 Å². The van der Waals surface area contributed by atoms with E-state index in [2.05, 4.69) is 30.3 Å². The van der Waals surface area contributed by atoms with E-state index in [1.165, 1.54) is 5.75 Å². The van der Waals surface area contributed by atoms with Crippen LogP contribution in [-0.4, -0.2) is 55.9 Å². The highest BCUT2D eigenvalue weighted by atomic mass is 32.2. The highest BCUT2D eigenvalue weighted by molar-refractivity contribution is 7.99. The molecule has 1 aliphatic rings. The number of hydrogen-bond acceptors (Lipinski definition) is 7. The van der Waals surface area contributed by atoms with Gasteiger partial charge in [0.2, 0.25) is 11.9 Å². The molecule has 0 spiro atoms. The van der Waals surface area contributed by atoms with Crippen molar-refractivity contribution in [3.8, 4) is 5.95 Å². The highest BCUT2D eigenvalue weighted by Crippen LogP contribution is 2.17. The summed E-state index contributed by atoms with van der Waals surface area (Å²) in [4.78, 5) is 15.8. The predicted molar refractivity (Wildman–Crippen MR) is 85.3 cm³/mol. The number of nitrogens with one attached hydrogen (secondary N) is 1. The first-order valence-corrected chi connectivity index (χ1v) is 8.35.